The van der Waals surface area contributed by atoms with Crippen LogP contribution in [-0.4, -0.2) is 28.5 Å². The number of ether oxygens (including phenoxy) is 1. The third-order valence-electron chi connectivity index (χ3n) is 6.00. The fourth-order valence-corrected chi connectivity index (χ4v) is 4.96. The average Bonchev–Trinajstić information content (AvgIpc) is 3.21. The summed E-state index contributed by atoms with van der Waals surface area (Å²) < 4.78 is 46.7. The number of imide groups is 1. The van der Waals surface area contributed by atoms with Crippen molar-refractivity contribution in [3.05, 3.63) is 111 Å². The fraction of sp³-hybridized carbons (Fsp3) is 0.0690. The lowest BCUT2D eigenvalue weighted by atomic mass is 10.0. The summed E-state index contributed by atoms with van der Waals surface area (Å²) in [6, 6.07) is 19.7. The van der Waals surface area contributed by atoms with Crippen molar-refractivity contribution >= 4 is 63.0 Å². The van der Waals surface area contributed by atoms with Crippen molar-refractivity contribution in [2.24, 2.45) is 0 Å². The SMILES string of the molecule is O=C(CN1C(=O)S/C(=C/c2c(OCc3ccc(Cl)cc3)ccc3ccccc23)C1=O)Nc1ccc(F)c(F)c1F. The summed E-state index contributed by atoms with van der Waals surface area (Å²) in [7, 11) is 0. The monoisotopic (exact) mass is 582 g/mol. The van der Waals surface area contributed by atoms with Gasteiger partial charge in [0.05, 0.1) is 10.6 Å². The highest BCUT2D eigenvalue weighted by atomic mass is 35.5. The minimum absolute atomic E-state index is 0.0458. The highest BCUT2D eigenvalue weighted by Gasteiger charge is 2.36. The quantitative estimate of drug-likeness (QED) is 0.185. The predicted molar refractivity (Wildman–Crippen MR) is 147 cm³/mol. The Morgan fingerprint density at radius 2 is 1.70 bits per heavy atom. The van der Waals surface area contributed by atoms with Gasteiger partial charge in [0.2, 0.25) is 5.91 Å². The van der Waals surface area contributed by atoms with Gasteiger partial charge in [0.15, 0.2) is 17.5 Å². The number of halogens is 4. The summed E-state index contributed by atoms with van der Waals surface area (Å²) in [6.45, 7) is -0.533. The van der Waals surface area contributed by atoms with Crippen molar-refractivity contribution in [1.82, 2.24) is 4.90 Å². The maximum atomic E-state index is 13.9. The molecule has 0 atom stereocenters. The van der Waals surface area contributed by atoms with Crippen LogP contribution in [0.25, 0.3) is 16.8 Å². The number of fused-ring (bicyclic) bond motifs is 1. The van der Waals surface area contributed by atoms with E-state index in [4.69, 9.17) is 16.3 Å². The van der Waals surface area contributed by atoms with Crippen LogP contribution in [0.2, 0.25) is 5.02 Å². The molecule has 0 aromatic heterocycles. The zero-order chi connectivity index (χ0) is 28.4. The number of amides is 3. The predicted octanol–water partition coefficient (Wildman–Crippen LogP) is 7.16. The molecule has 40 heavy (non-hydrogen) atoms. The summed E-state index contributed by atoms with van der Waals surface area (Å²) in [5.41, 5.74) is 0.808. The van der Waals surface area contributed by atoms with E-state index < -0.39 is 46.7 Å². The highest BCUT2D eigenvalue weighted by molar-refractivity contribution is 8.18. The lowest BCUT2D eigenvalue weighted by Gasteiger charge is -2.14. The molecule has 1 aliphatic heterocycles. The first-order valence-electron chi connectivity index (χ1n) is 11.8. The van der Waals surface area contributed by atoms with Gasteiger partial charge in [-0.3, -0.25) is 19.3 Å². The normalized spacial score (nSPS) is 14.3. The lowest BCUT2D eigenvalue weighted by Crippen LogP contribution is -2.36. The fourth-order valence-electron chi connectivity index (χ4n) is 4.02. The van der Waals surface area contributed by atoms with Crippen molar-refractivity contribution in [3.63, 3.8) is 0 Å². The van der Waals surface area contributed by atoms with Crippen LogP contribution >= 0.6 is 23.4 Å². The third-order valence-corrected chi connectivity index (χ3v) is 7.16. The van der Waals surface area contributed by atoms with E-state index in [1.165, 1.54) is 6.08 Å². The largest absolute Gasteiger partial charge is 0.488 e. The first kappa shape index (κ1) is 27.3. The summed E-state index contributed by atoms with van der Waals surface area (Å²) in [6.07, 6.45) is 1.53. The number of thioether (sulfide) groups is 1. The first-order valence-corrected chi connectivity index (χ1v) is 13.0. The minimum atomic E-state index is -1.75. The van der Waals surface area contributed by atoms with E-state index in [9.17, 15) is 27.6 Å². The van der Waals surface area contributed by atoms with E-state index in [1.54, 1.807) is 18.2 Å². The van der Waals surface area contributed by atoms with E-state index in [2.05, 4.69) is 5.32 Å². The van der Waals surface area contributed by atoms with Crippen LogP contribution in [-0.2, 0) is 16.2 Å². The Bertz CT molecular complexity index is 1700. The molecule has 11 heteroatoms. The van der Waals surface area contributed by atoms with Gasteiger partial charge < -0.3 is 10.1 Å². The van der Waals surface area contributed by atoms with Crippen molar-refractivity contribution in [2.75, 3.05) is 11.9 Å². The molecule has 0 radical (unpaired) electrons. The molecule has 0 aliphatic carbocycles. The molecule has 1 heterocycles. The zero-order valence-corrected chi connectivity index (χ0v) is 22.0. The molecule has 5 rings (SSSR count). The second-order valence-corrected chi connectivity index (χ2v) is 10.1. The van der Waals surface area contributed by atoms with Gasteiger partial charge in [-0.15, -0.1) is 0 Å². The number of rotatable bonds is 7. The molecule has 0 bridgehead atoms. The number of carbonyl (C=O) groups excluding carboxylic acids is 3. The first-order chi connectivity index (χ1) is 19.2. The third kappa shape index (κ3) is 5.68. The van der Waals surface area contributed by atoms with E-state index in [1.807, 2.05) is 42.5 Å². The van der Waals surface area contributed by atoms with Gasteiger partial charge in [-0.2, -0.15) is 0 Å². The number of nitrogens with zero attached hydrogens (tertiary/aromatic N) is 1. The highest BCUT2D eigenvalue weighted by Crippen LogP contribution is 2.37. The Balaban J connectivity index is 1.39. The Kier molecular flexibility index (Phi) is 7.81. The summed E-state index contributed by atoms with van der Waals surface area (Å²) >= 11 is 6.59. The number of carbonyl (C=O) groups is 3. The Labute approximate surface area is 235 Å². The van der Waals surface area contributed by atoms with Crippen LogP contribution in [0, 0.1) is 17.5 Å². The minimum Gasteiger partial charge on any atom is -0.488 e. The summed E-state index contributed by atoms with van der Waals surface area (Å²) in [5.74, 6) is -6.01. The van der Waals surface area contributed by atoms with Crippen molar-refractivity contribution in [3.8, 4) is 5.75 Å². The average molecular weight is 583 g/mol. The van der Waals surface area contributed by atoms with Crippen molar-refractivity contribution in [2.45, 2.75) is 6.61 Å². The van der Waals surface area contributed by atoms with Crippen LogP contribution in [0.1, 0.15) is 11.1 Å². The van der Waals surface area contributed by atoms with Crippen molar-refractivity contribution < 1.29 is 32.3 Å². The zero-order valence-electron chi connectivity index (χ0n) is 20.4. The maximum absolute atomic E-state index is 13.9. The molecule has 4 aromatic carbocycles. The van der Waals surface area contributed by atoms with Gasteiger partial charge in [0.1, 0.15) is 18.9 Å². The smallest absolute Gasteiger partial charge is 0.294 e. The van der Waals surface area contributed by atoms with Gasteiger partial charge in [0, 0.05) is 10.6 Å². The Hall–Kier alpha value is -4.28. The van der Waals surface area contributed by atoms with Crippen molar-refractivity contribution in [1.29, 1.82) is 0 Å². The van der Waals surface area contributed by atoms with Crippen LogP contribution < -0.4 is 10.1 Å². The van der Waals surface area contributed by atoms with Crippen LogP contribution in [0.4, 0.5) is 23.7 Å². The summed E-state index contributed by atoms with van der Waals surface area (Å²) in [5, 5.41) is 3.57. The topological polar surface area (TPSA) is 75.7 Å². The molecule has 0 spiro atoms. The number of hydrogen-bond donors (Lipinski definition) is 1. The molecule has 0 unspecified atom stereocenters. The molecule has 1 saturated heterocycles. The molecule has 0 saturated carbocycles. The second-order valence-electron chi connectivity index (χ2n) is 8.65. The molecule has 6 nitrogen and oxygen atoms in total. The van der Waals surface area contributed by atoms with Crippen LogP contribution in [0.5, 0.6) is 5.75 Å². The van der Waals surface area contributed by atoms with Crippen LogP contribution in [0.15, 0.2) is 77.7 Å². The molecule has 4 aromatic rings. The van der Waals surface area contributed by atoms with E-state index in [0.29, 0.717) is 39.1 Å². The number of hydrogen-bond acceptors (Lipinski definition) is 5. The molecular weight excluding hydrogens is 565 g/mol. The number of nitrogens with one attached hydrogen (secondary N) is 1. The molecule has 3 amide bonds. The van der Waals surface area contributed by atoms with Gasteiger partial charge in [-0.1, -0.05) is 54.1 Å². The number of benzene rings is 4. The van der Waals surface area contributed by atoms with Gasteiger partial charge in [-0.05, 0) is 64.5 Å². The standard InChI is InChI=1S/C29H18ClF3N2O4S/c30-18-8-5-16(6-9-18)15-39-23-12-7-17-3-1-2-4-19(17)20(23)13-24-28(37)35(29(38)40-24)14-25(36)34-22-11-10-21(31)26(32)27(22)33/h1-13H,14-15H2,(H,34,36)/b24-13+. The van der Waals surface area contributed by atoms with Gasteiger partial charge in [-0.25, -0.2) is 13.2 Å². The molecular formula is C29H18ClF3N2O4S. The van der Waals surface area contributed by atoms with Gasteiger partial charge in [0.25, 0.3) is 11.1 Å². The Morgan fingerprint density at radius 3 is 2.48 bits per heavy atom. The molecule has 1 aliphatic rings. The van der Waals surface area contributed by atoms with Crippen LogP contribution in [0.3, 0.4) is 0 Å². The lowest BCUT2D eigenvalue weighted by molar-refractivity contribution is -0.127. The molecule has 1 N–H and O–H groups in total. The van der Waals surface area contributed by atoms with E-state index in [0.717, 1.165) is 22.4 Å². The number of anilines is 1. The molecule has 202 valence electrons. The van der Waals surface area contributed by atoms with E-state index >= 15 is 0 Å². The summed E-state index contributed by atoms with van der Waals surface area (Å²) in [4.78, 5) is 39.0. The maximum Gasteiger partial charge on any atom is 0.294 e. The Morgan fingerprint density at radius 1 is 0.950 bits per heavy atom. The molecule has 1 fully saturated rings. The van der Waals surface area contributed by atoms with Gasteiger partial charge >= 0.3 is 0 Å². The second kappa shape index (κ2) is 11.4. The van der Waals surface area contributed by atoms with E-state index in [-0.39, 0.29) is 11.5 Å².